The van der Waals surface area contributed by atoms with Gasteiger partial charge < -0.3 is 15.8 Å². The van der Waals surface area contributed by atoms with Gasteiger partial charge in [-0.1, -0.05) is 20.3 Å². The van der Waals surface area contributed by atoms with Gasteiger partial charge in [-0.2, -0.15) is 0 Å². The van der Waals surface area contributed by atoms with E-state index in [1.807, 2.05) is 6.92 Å². The minimum atomic E-state index is -0.635. The predicted octanol–water partition coefficient (Wildman–Crippen LogP) is 0.777. The number of hydrogen-bond donors (Lipinski definition) is 2. The minimum absolute atomic E-state index is 0.373. The van der Waals surface area contributed by atoms with E-state index in [9.17, 15) is 9.59 Å². The van der Waals surface area contributed by atoms with Crippen LogP contribution >= 0.6 is 0 Å². The fourth-order valence-electron chi connectivity index (χ4n) is 0.868. The summed E-state index contributed by atoms with van der Waals surface area (Å²) in [5.74, 6) is -0.542. The zero-order valence-electron chi connectivity index (χ0n) is 8.71. The first kappa shape index (κ1) is 12.7. The van der Waals surface area contributed by atoms with Crippen LogP contribution in [0.2, 0.25) is 0 Å². The maximum atomic E-state index is 11.1. The summed E-state index contributed by atoms with van der Waals surface area (Å²) in [5, 5.41) is 2.39. The number of ether oxygens (including phenoxy) is 1. The van der Waals surface area contributed by atoms with E-state index >= 15 is 0 Å². The van der Waals surface area contributed by atoms with Crippen molar-refractivity contribution >= 4 is 12.0 Å². The van der Waals surface area contributed by atoms with E-state index in [0.717, 1.165) is 12.8 Å². The van der Waals surface area contributed by atoms with Crippen molar-refractivity contribution < 1.29 is 14.3 Å². The van der Waals surface area contributed by atoms with Crippen LogP contribution in [0.1, 0.15) is 33.1 Å². The van der Waals surface area contributed by atoms with Crippen LogP contribution in [-0.2, 0) is 9.53 Å². The zero-order valence-corrected chi connectivity index (χ0v) is 8.71. The van der Waals surface area contributed by atoms with Crippen molar-refractivity contribution in [3.8, 4) is 0 Å². The highest BCUT2D eigenvalue weighted by Gasteiger charge is 2.15. The second-order valence-electron chi connectivity index (χ2n) is 3.00. The van der Waals surface area contributed by atoms with E-state index in [1.54, 1.807) is 6.92 Å². The Morgan fingerprint density at radius 1 is 1.43 bits per heavy atom. The van der Waals surface area contributed by atoms with E-state index < -0.39 is 18.0 Å². The maximum Gasteiger partial charge on any atom is 0.407 e. The fourth-order valence-corrected chi connectivity index (χ4v) is 0.868. The summed E-state index contributed by atoms with van der Waals surface area (Å²) >= 11 is 0. The Morgan fingerprint density at radius 3 is 2.50 bits per heavy atom. The maximum absolute atomic E-state index is 11.1. The van der Waals surface area contributed by atoms with Crippen LogP contribution in [-0.4, -0.2) is 24.6 Å². The van der Waals surface area contributed by atoms with Gasteiger partial charge in [0, 0.05) is 0 Å². The van der Waals surface area contributed by atoms with Gasteiger partial charge in [0.15, 0.2) is 0 Å². The minimum Gasteiger partial charge on any atom is -0.450 e. The monoisotopic (exact) mass is 202 g/mol. The molecular weight excluding hydrogens is 184 g/mol. The second-order valence-corrected chi connectivity index (χ2v) is 3.00. The number of nitrogens with one attached hydrogen (secondary N) is 1. The van der Waals surface area contributed by atoms with Gasteiger partial charge in [0.25, 0.3) is 0 Å². The molecule has 1 unspecified atom stereocenters. The Morgan fingerprint density at radius 2 is 2.07 bits per heavy atom. The lowest BCUT2D eigenvalue weighted by molar-refractivity contribution is -0.120. The van der Waals surface area contributed by atoms with Gasteiger partial charge >= 0.3 is 6.09 Å². The molecule has 0 saturated carbocycles. The number of unbranched alkanes of at least 4 members (excludes halogenated alkanes) is 1. The van der Waals surface area contributed by atoms with Gasteiger partial charge in [-0.25, -0.2) is 4.79 Å². The summed E-state index contributed by atoms with van der Waals surface area (Å²) in [5.41, 5.74) is 5.04. The average Bonchev–Trinajstić information content (AvgIpc) is 2.14. The molecule has 0 aromatic heterocycles. The lowest BCUT2D eigenvalue weighted by Gasteiger charge is -2.12. The molecule has 0 rings (SSSR count). The highest BCUT2D eigenvalue weighted by atomic mass is 16.5. The first-order valence-electron chi connectivity index (χ1n) is 4.84. The molecule has 5 heteroatoms. The third-order valence-electron chi connectivity index (χ3n) is 1.77. The van der Waals surface area contributed by atoms with Gasteiger partial charge in [-0.15, -0.1) is 0 Å². The van der Waals surface area contributed by atoms with Crippen molar-refractivity contribution in [1.29, 1.82) is 0 Å². The van der Waals surface area contributed by atoms with Gasteiger partial charge in [0.05, 0.1) is 6.61 Å². The van der Waals surface area contributed by atoms with Gasteiger partial charge in [-0.05, 0) is 12.8 Å². The fraction of sp³-hybridized carbons (Fsp3) is 0.778. The molecule has 0 spiro atoms. The summed E-state index contributed by atoms with van der Waals surface area (Å²) in [6, 6.07) is -0.635. The molecule has 0 aliphatic heterocycles. The summed E-state index contributed by atoms with van der Waals surface area (Å²) in [6.45, 7) is 4.14. The zero-order chi connectivity index (χ0) is 11.0. The van der Waals surface area contributed by atoms with E-state index in [2.05, 4.69) is 5.32 Å². The van der Waals surface area contributed by atoms with Crippen LogP contribution < -0.4 is 11.1 Å². The molecule has 14 heavy (non-hydrogen) atoms. The number of hydrogen-bond acceptors (Lipinski definition) is 3. The van der Waals surface area contributed by atoms with Crippen LogP contribution in [0, 0.1) is 0 Å². The van der Waals surface area contributed by atoms with Crippen molar-refractivity contribution in [2.24, 2.45) is 5.73 Å². The van der Waals surface area contributed by atoms with Crippen LogP contribution in [0.3, 0.4) is 0 Å². The number of rotatable bonds is 6. The summed E-state index contributed by atoms with van der Waals surface area (Å²) in [7, 11) is 0. The van der Waals surface area contributed by atoms with Crippen molar-refractivity contribution in [2.45, 2.75) is 39.2 Å². The number of nitrogens with two attached hydrogens (primary N) is 1. The standard InChI is InChI=1S/C9H18N2O3/c1-3-5-6-14-9(13)11-7(4-2)8(10)12/h7H,3-6H2,1-2H3,(H2,10,12)(H,11,13). The molecule has 82 valence electrons. The van der Waals surface area contributed by atoms with Crippen LogP contribution in [0.25, 0.3) is 0 Å². The van der Waals surface area contributed by atoms with Crippen LogP contribution in [0.5, 0.6) is 0 Å². The molecular formula is C9H18N2O3. The molecule has 0 fully saturated rings. The number of alkyl carbamates (subject to hydrolysis) is 1. The molecule has 2 amide bonds. The largest absolute Gasteiger partial charge is 0.450 e. The van der Waals surface area contributed by atoms with Crippen LogP contribution in [0.4, 0.5) is 4.79 Å². The topological polar surface area (TPSA) is 81.4 Å². The molecule has 0 heterocycles. The Labute approximate surface area is 84.0 Å². The Balaban J connectivity index is 3.74. The van der Waals surface area contributed by atoms with Crippen molar-refractivity contribution in [3.05, 3.63) is 0 Å². The van der Waals surface area contributed by atoms with E-state index in [4.69, 9.17) is 10.5 Å². The predicted molar refractivity (Wildman–Crippen MR) is 52.7 cm³/mol. The van der Waals surface area contributed by atoms with Crippen molar-refractivity contribution in [3.63, 3.8) is 0 Å². The summed E-state index contributed by atoms with van der Waals surface area (Å²) in [6.07, 6.45) is 1.67. The number of amides is 2. The molecule has 3 N–H and O–H groups in total. The van der Waals surface area contributed by atoms with Crippen molar-refractivity contribution in [2.75, 3.05) is 6.61 Å². The molecule has 5 nitrogen and oxygen atoms in total. The number of primary amides is 1. The first-order valence-corrected chi connectivity index (χ1v) is 4.84. The smallest absolute Gasteiger partial charge is 0.407 e. The number of carbonyl (C=O) groups is 2. The summed E-state index contributed by atoms with van der Waals surface area (Å²) < 4.78 is 4.81. The third kappa shape index (κ3) is 5.40. The van der Waals surface area contributed by atoms with E-state index in [1.165, 1.54) is 0 Å². The molecule has 0 saturated heterocycles. The second kappa shape index (κ2) is 7.17. The Bertz CT molecular complexity index is 194. The lowest BCUT2D eigenvalue weighted by atomic mass is 10.2. The lowest BCUT2D eigenvalue weighted by Crippen LogP contribution is -2.44. The van der Waals surface area contributed by atoms with Crippen molar-refractivity contribution in [1.82, 2.24) is 5.32 Å². The SMILES string of the molecule is CCCCOC(=O)NC(CC)C(N)=O. The van der Waals surface area contributed by atoms with Gasteiger partial charge in [0.1, 0.15) is 6.04 Å². The highest BCUT2D eigenvalue weighted by molar-refractivity contribution is 5.84. The molecule has 0 aromatic carbocycles. The van der Waals surface area contributed by atoms with E-state index in [-0.39, 0.29) is 0 Å². The average molecular weight is 202 g/mol. The van der Waals surface area contributed by atoms with Gasteiger partial charge in [-0.3, -0.25) is 4.79 Å². The molecule has 0 aromatic rings. The third-order valence-corrected chi connectivity index (χ3v) is 1.77. The Hall–Kier alpha value is -1.26. The molecule has 0 aliphatic carbocycles. The quantitative estimate of drug-likeness (QED) is 0.624. The summed E-state index contributed by atoms with van der Waals surface area (Å²) in [4.78, 5) is 21.8. The highest BCUT2D eigenvalue weighted by Crippen LogP contribution is 1.92. The first-order chi connectivity index (χ1) is 6.61. The van der Waals surface area contributed by atoms with Crippen LogP contribution in [0.15, 0.2) is 0 Å². The Kier molecular flexibility index (Phi) is 6.53. The molecule has 1 atom stereocenters. The normalized spacial score (nSPS) is 11.9. The molecule has 0 radical (unpaired) electrons. The molecule has 0 aliphatic rings. The van der Waals surface area contributed by atoms with E-state index in [0.29, 0.717) is 13.0 Å². The number of carbonyl (C=O) groups excluding carboxylic acids is 2. The molecule has 0 bridgehead atoms. The van der Waals surface area contributed by atoms with Gasteiger partial charge in [0.2, 0.25) is 5.91 Å².